The molecule has 0 aromatic heterocycles. The van der Waals surface area contributed by atoms with Gasteiger partial charge < -0.3 is 16.0 Å². The molecule has 1 amide bonds. The van der Waals surface area contributed by atoms with Crippen LogP contribution in [0.1, 0.15) is 29.7 Å². The second-order valence-corrected chi connectivity index (χ2v) is 6.83. The van der Waals surface area contributed by atoms with Gasteiger partial charge in [-0.15, -0.1) is 0 Å². The Morgan fingerprint density at radius 1 is 1.12 bits per heavy atom. The molecule has 0 saturated carbocycles. The molecule has 1 atom stereocenters. The molecule has 6 heteroatoms. The lowest BCUT2D eigenvalue weighted by atomic mass is 9.94. The molecular formula is C20H20FN3OS. The zero-order valence-electron chi connectivity index (χ0n) is 14.8. The number of allylic oxidation sites excluding steroid dienone is 1. The second-order valence-electron chi connectivity index (χ2n) is 6.42. The zero-order valence-corrected chi connectivity index (χ0v) is 15.6. The average molecular weight is 369 g/mol. The Labute approximate surface area is 157 Å². The van der Waals surface area contributed by atoms with E-state index < -0.39 is 6.04 Å². The highest BCUT2D eigenvalue weighted by atomic mass is 32.1. The third-order valence-corrected chi connectivity index (χ3v) is 4.43. The average Bonchev–Trinajstić information content (AvgIpc) is 2.53. The van der Waals surface area contributed by atoms with Crippen LogP contribution in [0.5, 0.6) is 0 Å². The minimum atomic E-state index is -0.657. The minimum Gasteiger partial charge on any atom is -0.351 e. The highest BCUT2D eigenvalue weighted by Gasteiger charge is 2.31. The number of anilines is 1. The van der Waals surface area contributed by atoms with Crippen LogP contribution in [0, 0.1) is 19.7 Å². The Bertz CT molecular complexity index is 903. The molecule has 0 bridgehead atoms. The molecule has 134 valence electrons. The molecule has 0 fully saturated rings. The lowest BCUT2D eigenvalue weighted by Gasteiger charge is -2.30. The van der Waals surface area contributed by atoms with E-state index in [9.17, 15) is 9.18 Å². The second kappa shape index (κ2) is 7.25. The summed E-state index contributed by atoms with van der Waals surface area (Å²) in [5, 5.41) is 9.23. The maximum atomic E-state index is 14.3. The molecule has 0 saturated heterocycles. The van der Waals surface area contributed by atoms with Crippen LogP contribution in [0.2, 0.25) is 0 Å². The quantitative estimate of drug-likeness (QED) is 0.719. The van der Waals surface area contributed by atoms with Crippen molar-refractivity contribution >= 4 is 28.9 Å². The summed E-state index contributed by atoms with van der Waals surface area (Å²) >= 11 is 5.20. The minimum absolute atomic E-state index is 0.303. The van der Waals surface area contributed by atoms with Crippen LogP contribution in [0.15, 0.2) is 53.7 Å². The fraction of sp³-hybridized carbons (Fsp3) is 0.200. The van der Waals surface area contributed by atoms with Gasteiger partial charge in [0.1, 0.15) is 5.82 Å². The first-order valence-corrected chi connectivity index (χ1v) is 8.68. The summed E-state index contributed by atoms with van der Waals surface area (Å²) < 4.78 is 14.3. The van der Waals surface area contributed by atoms with Gasteiger partial charge in [0, 0.05) is 16.9 Å². The van der Waals surface area contributed by atoms with Crippen LogP contribution in [0.3, 0.4) is 0 Å². The highest BCUT2D eigenvalue weighted by Crippen LogP contribution is 2.29. The normalized spacial score (nSPS) is 16.8. The molecule has 0 radical (unpaired) electrons. The first-order valence-electron chi connectivity index (χ1n) is 8.27. The van der Waals surface area contributed by atoms with Crippen molar-refractivity contribution in [3.05, 3.63) is 76.2 Å². The predicted octanol–water partition coefficient (Wildman–Crippen LogP) is 3.87. The van der Waals surface area contributed by atoms with Crippen molar-refractivity contribution in [3.8, 4) is 0 Å². The Morgan fingerprint density at radius 2 is 1.77 bits per heavy atom. The van der Waals surface area contributed by atoms with E-state index >= 15 is 0 Å². The van der Waals surface area contributed by atoms with Gasteiger partial charge in [0.2, 0.25) is 0 Å². The standard InChI is InChI=1S/C20H20FN3OS/c1-11-8-12(2)10-14(9-11)23-19(25)17-13(3)22-20(26)24-18(17)15-6-4-5-7-16(15)21/h4-10,18H,1-3H3,(H,23,25)(H2,22,24,26). The van der Waals surface area contributed by atoms with Gasteiger partial charge in [-0.25, -0.2) is 4.39 Å². The number of halogens is 1. The largest absolute Gasteiger partial charge is 0.351 e. The number of hydrogen-bond donors (Lipinski definition) is 3. The molecule has 0 aliphatic carbocycles. The fourth-order valence-electron chi connectivity index (χ4n) is 3.18. The summed E-state index contributed by atoms with van der Waals surface area (Å²) in [6.07, 6.45) is 0. The molecule has 0 spiro atoms. The Hall–Kier alpha value is -2.73. The van der Waals surface area contributed by atoms with Gasteiger partial charge >= 0.3 is 0 Å². The molecule has 1 aliphatic rings. The summed E-state index contributed by atoms with van der Waals surface area (Å²) in [6, 6.07) is 11.5. The number of hydrogen-bond acceptors (Lipinski definition) is 2. The van der Waals surface area contributed by atoms with Crippen LogP contribution in [0.25, 0.3) is 0 Å². The third kappa shape index (κ3) is 3.75. The summed E-state index contributed by atoms with van der Waals surface area (Å²) in [6.45, 7) is 5.70. The predicted molar refractivity (Wildman–Crippen MR) is 105 cm³/mol. The molecule has 26 heavy (non-hydrogen) atoms. The van der Waals surface area contributed by atoms with E-state index in [4.69, 9.17) is 12.2 Å². The number of carbonyl (C=O) groups is 1. The van der Waals surface area contributed by atoms with Crippen molar-refractivity contribution < 1.29 is 9.18 Å². The maximum Gasteiger partial charge on any atom is 0.255 e. The van der Waals surface area contributed by atoms with Crippen LogP contribution in [0.4, 0.5) is 10.1 Å². The van der Waals surface area contributed by atoms with Crippen LogP contribution >= 0.6 is 12.2 Å². The topological polar surface area (TPSA) is 53.2 Å². The van der Waals surface area contributed by atoms with Crippen molar-refractivity contribution in [1.82, 2.24) is 10.6 Å². The lowest BCUT2D eigenvalue weighted by Crippen LogP contribution is -2.46. The summed E-state index contributed by atoms with van der Waals surface area (Å²) in [7, 11) is 0. The van der Waals surface area contributed by atoms with Gasteiger partial charge in [0.05, 0.1) is 11.6 Å². The summed E-state index contributed by atoms with van der Waals surface area (Å²) in [5.41, 5.74) is 4.19. The van der Waals surface area contributed by atoms with Gasteiger partial charge in [-0.05, 0) is 62.3 Å². The van der Waals surface area contributed by atoms with Crippen molar-refractivity contribution in [1.29, 1.82) is 0 Å². The van der Waals surface area contributed by atoms with Crippen LogP contribution in [-0.4, -0.2) is 11.0 Å². The molecule has 1 heterocycles. The lowest BCUT2D eigenvalue weighted by molar-refractivity contribution is -0.113. The number of carbonyl (C=O) groups excluding carboxylic acids is 1. The van der Waals surface area contributed by atoms with E-state index in [0.29, 0.717) is 27.6 Å². The third-order valence-electron chi connectivity index (χ3n) is 4.21. The molecule has 2 aromatic rings. The zero-order chi connectivity index (χ0) is 18.8. The summed E-state index contributed by atoms with van der Waals surface area (Å²) in [4.78, 5) is 13.0. The van der Waals surface area contributed by atoms with Gasteiger partial charge in [-0.1, -0.05) is 24.3 Å². The number of amides is 1. The number of rotatable bonds is 3. The van der Waals surface area contributed by atoms with Gasteiger partial charge in [0.15, 0.2) is 5.11 Å². The van der Waals surface area contributed by atoms with Crippen molar-refractivity contribution in [2.24, 2.45) is 0 Å². The maximum absolute atomic E-state index is 14.3. The number of thiocarbonyl (C=S) groups is 1. The van der Waals surface area contributed by atoms with Crippen LogP contribution in [-0.2, 0) is 4.79 Å². The van der Waals surface area contributed by atoms with Crippen molar-refractivity contribution in [2.75, 3.05) is 5.32 Å². The van der Waals surface area contributed by atoms with Gasteiger partial charge in [-0.3, -0.25) is 4.79 Å². The van der Waals surface area contributed by atoms with E-state index in [1.807, 2.05) is 32.0 Å². The van der Waals surface area contributed by atoms with Gasteiger partial charge in [0.25, 0.3) is 5.91 Å². The molecular weight excluding hydrogens is 349 g/mol. The first kappa shape index (κ1) is 18.1. The van der Waals surface area contributed by atoms with E-state index in [2.05, 4.69) is 16.0 Å². The number of benzene rings is 2. The highest BCUT2D eigenvalue weighted by molar-refractivity contribution is 7.80. The Balaban J connectivity index is 1.98. The Kier molecular flexibility index (Phi) is 5.04. The molecule has 2 aromatic carbocycles. The van der Waals surface area contributed by atoms with Gasteiger partial charge in [-0.2, -0.15) is 0 Å². The molecule has 4 nitrogen and oxygen atoms in total. The molecule has 1 unspecified atom stereocenters. The van der Waals surface area contributed by atoms with E-state index in [1.165, 1.54) is 6.07 Å². The molecule has 3 rings (SSSR count). The number of nitrogens with one attached hydrogen (secondary N) is 3. The molecule has 1 aliphatic heterocycles. The Morgan fingerprint density at radius 3 is 2.42 bits per heavy atom. The fourth-order valence-corrected chi connectivity index (χ4v) is 3.45. The smallest absolute Gasteiger partial charge is 0.255 e. The number of aryl methyl sites for hydroxylation is 2. The molecule has 3 N–H and O–H groups in total. The monoisotopic (exact) mass is 369 g/mol. The van der Waals surface area contributed by atoms with Crippen LogP contribution < -0.4 is 16.0 Å². The van der Waals surface area contributed by atoms with Crippen molar-refractivity contribution in [3.63, 3.8) is 0 Å². The summed E-state index contributed by atoms with van der Waals surface area (Å²) in [5.74, 6) is -0.692. The van der Waals surface area contributed by atoms with Crippen molar-refractivity contribution in [2.45, 2.75) is 26.8 Å². The first-order chi connectivity index (χ1) is 12.3. The van der Waals surface area contributed by atoms with E-state index in [-0.39, 0.29) is 11.7 Å². The SMILES string of the molecule is CC1=C(C(=O)Nc2cc(C)cc(C)c2)C(c2ccccc2F)NC(=S)N1. The van der Waals surface area contributed by atoms with E-state index in [1.54, 1.807) is 25.1 Å². The van der Waals surface area contributed by atoms with E-state index in [0.717, 1.165) is 11.1 Å².